The number of benzene rings is 2. The Kier molecular flexibility index (Phi) is 5.85. The molecule has 2 rings (SSSR count). The van der Waals surface area contributed by atoms with Gasteiger partial charge in [0.15, 0.2) is 11.5 Å². The molecule has 24 heavy (non-hydrogen) atoms. The first kappa shape index (κ1) is 18.3. The summed E-state index contributed by atoms with van der Waals surface area (Å²) in [5.74, 6) is 1.24. The van der Waals surface area contributed by atoms with Gasteiger partial charge in [0.25, 0.3) is 0 Å². The Morgan fingerprint density at radius 3 is 2.29 bits per heavy atom. The van der Waals surface area contributed by atoms with Crippen molar-refractivity contribution in [2.45, 2.75) is 25.3 Å². The third kappa shape index (κ3) is 4.07. The van der Waals surface area contributed by atoms with Crippen molar-refractivity contribution in [3.63, 3.8) is 0 Å². The highest BCUT2D eigenvalue weighted by Crippen LogP contribution is 2.29. The van der Waals surface area contributed by atoms with Crippen molar-refractivity contribution in [3.05, 3.63) is 53.6 Å². The lowest BCUT2D eigenvalue weighted by Gasteiger charge is -2.18. The van der Waals surface area contributed by atoms with Gasteiger partial charge < -0.3 is 9.47 Å². The Balaban J connectivity index is 2.22. The van der Waals surface area contributed by atoms with Gasteiger partial charge in [-0.25, -0.2) is 8.42 Å². The third-order valence-electron chi connectivity index (χ3n) is 3.66. The zero-order valence-corrected chi connectivity index (χ0v) is 15.3. The van der Waals surface area contributed by atoms with E-state index in [-0.39, 0.29) is 11.4 Å². The lowest BCUT2D eigenvalue weighted by atomic mass is 10.2. The number of hydrogen-bond donors (Lipinski definition) is 0. The monoisotopic (exact) mass is 349 g/mol. The second-order valence-electron chi connectivity index (χ2n) is 5.49. The molecule has 130 valence electrons. The summed E-state index contributed by atoms with van der Waals surface area (Å²) in [5, 5.41) is 0. The molecular weight excluding hydrogens is 326 g/mol. The van der Waals surface area contributed by atoms with Crippen molar-refractivity contribution in [3.8, 4) is 11.5 Å². The summed E-state index contributed by atoms with van der Waals surface area (Å²) >= 11 is 0. The molecule has 2 aromatic rings. The molecule has 0 saturated carbocycles. The van der Waals surface area contributed by atoms with Crippen molar-refractivity contribution in [1.82, 2.24) is 4.31 Å². The fraction of sp³-hybridized carbons (Fsp3) is 0.333. The van der Waals surface area contributed by atoms with E-state index < -0.39 is 10.0 Å². The molecule has 0 bridgehead atoms. The normalized spacial score (nSPS) is 11.5. The van der Waals surface area contributed by atoms with Crippen LogP contribution in [-0.2, 0) is 16.6 Å². The van der Waals surface area contributed by atoms with Crippen LogP contribution >= 0.6 is 0 Å². The first-order valence-corrected chi connectivity index (χ1v) is 9.15. The first-order chi connectivity index (χ1) is 11.4. The fourth-order valence-corrected chi connectivity index (χ4v) is 3.48. The highest BCUT2D eigenvalue weighted by atomic mass is 32.2. The zero-order chi connectivity index (χ0) is 17.7. The third-order valence-corrected chi connectivity index (χ3v) is 5.48. The molecule has 0 atom stereocenters. The van der Waals surface area contributed by atoms with E-state index in [1.54, 1.807) is 50.6 Å². The number of aryl methyl sites for hydroxylation is 1. The molecule has 6 heteroatoms. The fourth-order valence-electron chi connectivity index (χ4n) is 2.32. The Labute approximate surface area is 143 Å². The topological polar surface area (TPSA) is 55.8 Å². The minimum absolute atomic E-state index is 0.249. The second-order valence-corrected chi connectivity index (χ2v) is 7.54. The molecular formula is C18H23NO4S. The largest absolute Gasteiger partial charge is 0.493 e. The molecule has 0 spiro atoms. The summed E-state index contributed by atoms with van der Waals surface area (Å²) in [4.78, 5) is 0.286. The molecule has 0 saturated heterocycles. The standard InChI is InChI=1S/C18H23NO4S/c1-5-23-17-11-8-15(12-18(17)22-4)13-19(3)24(20,21)16-9-6-14(2)7-10-16/h6-12H,5,13H2,1-4H3. The van der Waals surface area contributed by atoms with Crippen molar-refractivity contribution in [2.75, 3.05) is 20.8 Å². The summed E-state index contributed by atoms with van der Waals surface area (Å²) in [7, 11) is -0.401. The predicted molar refractivity (Wildman–Crippen MR) is 94.0 cm³/mol. The van der Waals surface area contributed by atoms with E-state index in [2.05, 4.69) is 0 Å². The van der Waals surface area contributed by atoms with E-state index >= 15 is 0 Å². The Morgan fingerprint density at radius 2 is 1.71 bits per heavy atom. The van der Waals surface area contributed by atoms with Gasteiger partial charge in [-0.3, -0.25) is 0 Å². The minimum Gasteiger partial charge on any atom is -0.493 e. The van der Waals surface area contributed by atoms with E-state index in [1.165, 1.54) is 4.31 Å². The highest BCUT2D eigenvalue weighted by Gasteiger charge is 2.21. The molecule has 5 nitrogen and oxygen atoms in total. The predicted octanol–water partition coefficient (Wildman–Crippen LogP) is 3.22. The number of hydrogen-bond acceptors (Lipinski definition) is 4. The quantitative estimate of drug-likeness (QED) is 0.770. The maximum atomic E-state index is 12.6. The SMILES string of the molecule is CCOc1ccc(CN(C)S(=O)(=O)c2ccc(C)cc2)cc1OC. The molecule has 0 fully saturated rings. The molecule has 0 radical (unpaired) electrons. The van der Waals surface area contributed by atoms with Crippen molar-refractivity contribution < 1.29 is 17.9 Å². The number of rotatable bonds is 7. The van der Waals surface area contributed by atoms with E-state index in [4.69, 9.17) is 9.47 Å². The van der Waals surface area contributed by atoms with Gasteiger partial charge in [-0.05, 0) is 43.7 Å². The zero-order valence-electron chi connectivity index (χ0n) is 14.4. The molecule has 0 N–H and O–H groups in total. The van der Waals surface area contributed by atoms with Crippen LogP contribution in [0, 0.1) is 6.92 Å². The first-order valence-electron chi connectivity index (χ1n) is 7.71. The lowest BCUT2D eigenvalue weighted by Crippen LogP contribution is -2.26. The van der Waals surface area contributed by atoms with E-state index in [0.29, 0.717) is 18.1 Å². The van der Waals surface area contributed by atoms with Crippen LogP contribution in [0.3, 0.4) is 0 Å². The second kappa shape index (κ2) is 7.68. The number of ether oxygens (including phenoxy) is 2. The average molecular weight is 349 g/mol. The van der Waals surface area contributed by atoms with Gasteiger partial charge in [0, 0.05) is 13.6 Å². The molecule has 0 unspecified atom stereocenters. The van der Waals surface area contributed by atoms with Crippen molar-refractivity contribution >= 4 is 10.0 Å². The van der Waals surface area contributed by atoms with Crippen LogP contribution in [0.15, 0.2) is 47.4 Å². The Bertz CT molecular complexity index is 785. The van der Waals surface area contributed by atoms with Gasteiger partial charge in [0.2, 0.25) is 10.0 Å². The van der Waals surface area contributed by atoms with Crippen LogP contribution in [0.5, 0.6) is 11.5 Å². The Morgan fingerprint density at radius 1 is 1.04 bits per heavy atom. The molecule has 0 aliphatic heterocycles. The smallest absolute Gasteiger partial charge is 0.243 e. The van der Waals surface area contributed by atoms with Gasteiger partial charge in [0.1, 0.15) is 0 Å². The number of sulfonamides is 1. The number of nitrogens with zero attached hydrogens (tertiary/aromatic N) is 1. The van der Waals surface area contributed by atoms with Gasteiger partial charge in [-0.2, -0.15) is 4.31 Å². The molecule has 0 aromatic heterocycles. The maximum Gasteiger partial charge on any atom is 0.243 e. The van der Waals surface area contributed by atoms with Crippen LogP contribution in [0.1, 0.15) is 18.1 Å². The van der Waals surface area contributed by atoms with Gasteiger partial charge in [-0.15, -0.1) is 0 Å². The molecule has 0 amide bonds. The van der Waals surface area contributed by atoms with Crippen molar-refractivity contribution in [2.24, 2.45) is 0 Å². The van der Waals surface area contributed by atoms with E-state index in [9.17, 15) is 8.42 Å². The Hall–Kier alpha value is -2.05. The molecule has 0 aliphatic rings. The van der Waals surface area contributed by atoms with Crippen molar-refractivity contribution in [1.29, 1.82) is 0 Å². The van der Waals surface area contributed by atoms with Crippen LogP contribution in [0.4, 0.5) is 0 Å². The summed E-state index contributed by atoms with van der Waals surface area (Å²) < 4.78 is 37.4. The maximum absolute atomic E-state index is 12.6. The average Bonchev–Trinajstić information content (AvgIpc) is 2.56. The highest BCUT2D eigenvalue weighted by molar-refractivity contribution is 7.89. The van der Waals surface area contributed by atoms with Gasteiger partial charge in [-0.1, -0.05) is 23.8 Å². The summed E-state index contributed by atoms with van der Waals surface area (Å²) in [6, 6.07) is 12.3. The van der Waals surface area contributed by atoms with Crippen LogP contribution in [0.25, 0.3) is 0 Å². The van der Waals surface area contributed by atoms with Gasteiger partial charge >= 0.3 is 0 Å². The van der Waals surface area contributed by atoms with E-state index in [0.717, 1.165) is 11.1 Å². The van der Waals surface area contributed by atoms with E-state index in [1.807, 2.05) is 19.9 Å². The molecule has 2 aromatic carbocycles. The van der Waals surface area contributed by atoms with Gasteiger partial charge in [0.05, 0.1) is 18.6 Å². The summed E-state index contributed by atoms with van der Waals surface area (Å²) in [5.41, 5.74) is 1.85. The summed E-state index contributed by atoms with van der Waals surface area (Å²) in [6.45, 7) is 4.61. The lowest BCUT2D eigenvalue weighted by molar-refractivity contribution is 0.310. The minimum atomic E-state index is -3.53. The molecule has 0 aliphatic carbocycles. The summed E-state index contributed by atoms with van der Waals surface area (Å²) in [6.07, 6.45) is 0. The van der Waals surface area contributed by atoms with Crippen LogP contribution in [0.2, 0.25) is 0 Å². The number of methoxy groups -OCH3 is 1. The van der Waals surface area contributed by atoms with Crippen LogP contribution in [-0.4, -0.2) is 33.5 Å². The van der Waals surface area contributed by atoms with Crippen LogP contribution < -0.4 is 9.47 Å². The molecule has 0 heterocycles.